The standard InChI is InChI=1S/C81H76O25/c1-49(46-94-72(84)52-29-13-5-14-30-52)64(101-74(86)54-33-17-7-18-34-54)69(104-77(89)57-39-23-10-24-40-57)71(106-79(91)59-43-27-12-28-44-59)81(93-4)96-48-62-65(97-50(2)82)60(66(80(92)100-62)98-51(3)83)45-61-67(102-75(87)55-35-19-8-20-36-55)70(105-78(90)58-41-25-11-26-42-58)68(103-76(88)56-37-21-9-22-38-56)63(99-61)47-95-73(85)53-31-15-6-16-32-53/h5-44,49,60-71,80-81,92H,45-48H2,1-4H3. The van der Waals surface area contributed by atoms with Gasteiger partial charge in [0.25, 0.3) is 0 Å². The zero-order valence-electron chi connectivity index (χ0n) is 57.8. The summed E-state index contributed by atoms with van der Waals surface area (Å²) in [6.07, 6.45) is -25.0. The van der Waals surface area contributed by atoms with Crippen molar-refractivity contribution < 1.29 is 119 Å². The molecule has 0 spiro atoms. The molecule has 2 aliphatic rings. The minimum absolute atomic E-state index is 0.0105. The number of rotatable bonds is 30. The molecule has 550 valence electrons. The van der Waals surface area contributed by atoms with Crippen LogP contribution in [0.4, 0.5) is 0 Å². The molecule has 8 aromatic rings. The van der Waals surface area contributed by atoms with E-state index in [1.807, 2.05) is 0 Å². The molecule has 0 aliphatic carbocycles. The number of aliphatic hydroxyl groups is 1. The molecule has 25 nitrogen and oxygen atoms in total. The lowest BCUT2D eigenvalue weighted by Gasteiger charge is -2.48. The molecule has 106 heavy (non-hydrogen) atoms. The highest BCUT2D eigenvalue weighted by Gasteiger charge is 2.58. The zero-order valence-corrected chi connectivity index (χ0v) is 57.8. The third kappa shape index (κ3) is 20.6. The van der Waals surface area contributed by atoms with Crippen molar-refractivity contribution in [3.8, 4) is 0 Å². The predicted molar refractivity (Wildman–Crippen MR) is 372 cm³/mol. The quantitative estimate of drug-likeness (QED) is 0.0248. The molecule has 0 radical (unpaired) electrons. The number of carbonyl (C=O) groups is 10. The highest BCUT2D eigenvalue weighted by molar-refractivity contribution is 5.93. The summed E-state index contributed by atoms with van der Waals surface area (Å²) in [6, 6.07) is 61.5. The number of carbonyl (C=O) groups excluding carboxylic acids is 10. The van der Waals surface area contributed by atoms with E-state index in [1.165, 1.54) is 104 Å². The van der Waals surface area contributed by atoms with Crippen molar-refractivity contribution in [3.05, 3.63) is 287 Å². The fraction of sp³-hybridized carbons (Fsp3) is 0.284. The maximum Gasteiger partial charge on any atom is 0.338 e. The first-order chi connectivity index (χ1) is 51.3. The van der Waals surface area contributed by atoms with Crippen LogP contribution in [0.15, 0.2) is 243 Å². The first-order valence-electron chi connectivity index (χ1n) is 33.8. The number of hydrogen-bond acceptors (Lipinski definition) is 25. The van der Waals surface area contributed by atoms with Crippen molar-refractivity contribution >= 4 is 59.7 Å². The van der Waals surface area contributed by atoms with Gasteiger partial charge in [-0.1, -0.05) is 153 Å². The van der Waals surface area contributed by atoms with Gasteiger partial charge in [0.2, 0.25) is 0 Å². The second-order valence-electron chi connectivity index (χ2n) is 24.6. The summed E-state index contributed by atoms with van der Waals surface area (Å²) in [4.78, 5) is 142. The van der Waals surface area contributed by atoms with E-state index in [0.717, 1.165) is 21.0 Å². The van der Waals surface area contributed by atoms with E-state index in [4.69, 9.17) is 66.3 Å². The largest absolute Gasteiger partial charge is 0.462 e. The van der Waals surface area contributed by atoms with Gasteiger partial charge in [0.1, 0.15) is 31.0 Å². The van der Waals surface area contributed by atoms with Crippen LogP contribution in [0.25, 0.3) is 0 Å². The van der Waals surface area contributed by atoms with Gasteiger partial charge in [-0.2, -0.15) is 0 Å². The Hall–Kier alpha value is -11.7. The Balaban J connectivity index is 1.07. The lowest BCUT2D eigenvalue weighted by molar-refractivity contribution is -0.303. The lowest BCUT2D eigenvalue weighted by atomic mass is 9.80. The van der Waals surface area contributed by atoms with Crippen molar-refractivity contribution in [2.75, 3.05) is 26.9 Å². The Labute approximate surface area is 609 Å². The molecule has 0 saturated carbocycles. The molecule has 2 saturated heterocycles. The molecular weight excluding hydrogens is 1370 g/mol. The summed E-state index contributed by atoms with van der Waals surface area (Å²) in [5.74, 6) is -12.5. The average molecular weight is 1450 g/mol. The van der Waals surface area contributed by atoms with Gasteiger partial charge in [-0.25, -0.2) is 38.4 Å². The molecule has 2 heterocycles. The zero-order chi connectivity index (χ0) is 75.1. The van der Waals surface area contributed by atoms with Gasteiger partial charge in [-0.15, -0.1) is 0 Å². The van der Waals surface area contributed by atoms with E-state index in [9.17, 15) is 53.1 Å². The molecule has 10 rings (SSSR count). The molecule has 2 aliphatic heterocycles. The smallest absolute Gasteiger partial charge is 0.338 e. The highest BCUT2D eigenvalue weighted by atomic mass is 16.7. The van der Waals surface area contributed by atoms with Gasteiger partial charge in [0.15, 0.2) is 49.2 Å². The summed E-state index contributed by atoms with van der Waals surface area (Å²) in [5.41, 5.74) is 0.169. The molecule has 25 heteroatoms. The molecule has 8 aromatic carbocycles. The third-order valence-electron chi connectivity index (χ3n) is 17.2. The number of benzene rings is 8. The van der Waals surface area contributed by atoms with Crippen LogP contribution >= 0.6 is 0 Å². The Morgan fingerprint density at radius 2 is 0.670 bits per heavy atom. The van der Waals surface area contributed by atoms with Gasteiger partial charge in [0, 0.05) is 32.8 Å². The summed E-state index contributed by atoms with van der Waals surface area (Å²) in [7, 11) is 1.12. The topological polar surface area (TPSA) is 320 Å². The number of hydrogen-bond donors (Lipinski definition) is 1. The van der Waals surface area contributed by atoms with Gasteiger partial charge in [-0.3, -0.25) is 9.59 Å². The van der Waals surface area contributed by atoms with Crippen molar-refractivity contribution in [1.29, 1.82) is 0 Å². The second-order valence-corrected chi connectivity index (χ2v) is 24.6. The predicted octanol–water partition coefficient (Wildman–Crippen LogP) is 10.0. The van der Waals surface area contributed by atoms with E-state index < -0.39 is 177 Å². The van der Waals surface area contributed by atoms with E-state index in [0.29, 0.717) is 0 Å². The maximum atomic E-state index is 14.7. The fourth-order valence-electron chi connectivity index (χ4n) is 12.1. The molecule has 1 N–H and O–H groups in total. The van der Waals surface area contributed by atoms with E-state index >= 15 is 0 Å². The summed E-state index contributed by atoms with van der Waals surface area (Å²) >= 11 is 0. The number of ether oxygens (including phenoxy) is 14. The van der Waals surface area contributed by atoms with Crippen LogP contribution in [0, 0.1) is 11.8 Å². The molecule has 0 amide bonds. The van der Waals surface area contributed by atoms with Crippen LogP contribution in [0.2, 0.25) is 0 Å². The fourth-order valence-corrected chi connectivity index (χ4v) is 12.1. The molecule has 2 fully saturated rings. The SMILES string of the molecule is COC(OCC1OC(O)C(OC(C)=O)C(CC2OC(COC(=O)c3ccccc3)C(OC(=O)c3ccccc3)C(OC(=O)c3ccccc3)C2OC(=O)c2ccccc2)C1OC(C)=O)C(OC(=O)c1ccccc1)C(OC(=O)c1ccccc1)C(OC(=O)c1ccccc1)C(C)COC(=O)c1ccccc1. The molecule has 15 unspecified atom stereocenters. The summed E-state index contributed by atoms with van der Waals surface area (Å²) < 4.78 is 87.6. The minimum Gasteiger partial charge on any atom is -0.462 e. The van der Waals surface area contributed by atoms with Crippen LogP contribution in [-0.2, 0) is 75.9 Å². The van der Waals surface area contributed by atoms with Crippen molar-refractivity contribution in [1.82, 2.24) is 0 Å². The monoisotopic (exact) mass is 1450 g/mol. The molecule has 0 bridgehead atoms. The van der Waals surface area contributed by atoms with E-state index in [2.05, 4.69) is 0 Å². The van der Waals surface area contributed by atoms with Crippen molar-refractivity contribution in [2.24, 2.45) is 11.8 Å². The van der Waals surface area contributed by atoms with Gasteiger partial charge < -0.3 is 71.4 Å². The average Bonchev–Trinajstić information content (AvgIpc) is 0.752. The first kappa shape index (κ1) is 76.9. The molecule has 0 aromatic heterocycles. The van der Waals surface area contributed by atoms with Gasteiger partial charge in [-0.05, 0) is 103 Å². The molecular formula is C81H76O25. The Bertz CT molecular complexity index is 4230. The molecule has 15 atom stereocenters. The number of aliphatic hydroxyl groups excluding tert-OH is 1. The highest BCUT2D eigenvalue weighted by Crippen LogP contribution is 2.40. The van der Waals surface area contributed by atoms with Crippen LogP contribution in [0.1, 0.15) is 110 Å². The third-order valence-corrected chi connectivity index (χ3v) is 17.2. The van der Waals surface area contributed by atoms with Crippen LogP contribution in [0.5, 0.6) is 0 Å². The number of esters is 10. The van der Waals surface area contributed by atoms with Crippen LogP contribution in [-0.4, -0.2) is 171 Å². The Morgan fingerprint density at radius 3 is 1.06 bits per heavy atom. The van der Waals surface area contributed by atoms with Gasteiger partial charge >= 0.3 is 59.7 Å². The van der Waals surface area contributed by atoms with Crippen molar-refractivity contribution in [3.63, 3.8) is 0 Å². The normalized spacial score (nSPS) is 21.0. The Kier molecular flexibility index (Phi) is 27.3. The summed E-state index contributed by atoms with van der Waals surface area (Å²) in [6.45, 7) is 1.40. The van der Waals surface area contributed by atoms with Crippen LogP contribution in [0.3, 0.4) is 0 Å². The van der Waals surface area contributed by atoms with E-state index in [-0.39, 0.29) is 44.5 Å². The van der Waals surface area contributed by atoms with Crippen LogP contribution < -0.4 is 0 Å². The number of methoxy groups -OCH3 is 1. The minimum atomic E-state index is -2.19. The summed E-state index contributed by atoms with van der Waals surface area (Å²) in [5, 5.41) is 12.3. The lowest BCUT2D eigenvalue weighted by Crippen LogP contribution is -2.65. The van der Waals surface area contributed by atoms with E-state index in [1.54, 1.807) is 146 Å². The first-order valence-corrected chi connectivity index (χ1v) is 33.8. The second kappa shape index (κ2) is 37.6. The van der Waals surface area contributed by atoms with Crippen molar-refractivity contribution in [2.45, 2.75) is 107 Å². The van der Waals surface area contributed by atoms with Gasteiger partial charge in [0.05, 0.1) is 63.8 Å². The Morgan fingerprint density at radius 1 is 0.349 bits per heavy atom. The maximum absolute atomic E-state index is 14.7.